The number of para-hydroxylation sites is 1. The Morgan fingerprint density at radius 1 is 1.12 bits per heavy atom. The topological polar surface area (TPSA) is 114 Å². The molecule has 0 spiro atoms. The number of hydrogen-bond donors (Lipinski definition) is 2. The average molecular weight is 460 g/mol. The molecule has 1 aliphatic heterocycles. The van der Waals surface area contributed by atoms with E-state index in [1.807, 2.05) is 30.3 Å². The van der Waals surface area contributed by atoms with Gasteiger partial charge in [-0.2, -0.15) is 0 Å². The number of piperidine rings is 1. The van der Waals surface area contributed by atoms with E-state index in [0.29, 0.717) is 40.4 Å². The number of benzene rings is 1. The summed E-state index contributed by atoms with van der Waals surface area (Å²) in [6.45, 7) is 3.56. The van der Waals surface area contributed by atoms with Crippen molar-refractivity contribution in [3.05, 3.63) is 66.1 Å². The Hall–Kier alpha value is -3.98. The highest BCUT2D eigenvalue weighted by atomic mass is 16.5. The van der Waals surface area contributed by atoms with Crippen LogP contribution in [0.1, 0.15) is 28.9 Å². The van der Waals surface area contributed by atoms with E-state index in [1.165, 1.54) is 0 Å². The van der Waals surface area contributed by atoms with Crippen LogP contribution < -0.4 is 10.6 Å². The minimum atomic E-state index is -0.202. The van der Waals surface area contributed by atoms with E-state index in [9.17, 15) is 9.59 Å². The summed E-state index contributed by atoms with van der Waals surface area (Å²) in [4.78, 5) is 32.1. The maximum atomic E-state index is 13.2. The lowest BCUT2D eigenvalue weighted by Crippen LogP contribution is -2.46. The van der Waals surface area contributed by atoms with Crippen molar-refractivity contribution in [3.8, 4) is 11.5 Å². The summed E-state index contributed by atoms with van der Waals surface area (Å²) in [5, 5.41) is 10.6. The molecule has 3 aromatic heterocycles. The zero-order valence-corrected chi connectivity index (χ0v) is 18.8. The number of fused-ring (bicyclic) bond motifs is 1. The van der Waals surface area contributed by atoms with Gasteiger partial charge in [-0.15, -0.1) is 0 Å². The number of aromatic nitrogens is 2. The standard InChI is InChI=1S/C25H25N5O4/c1-16-23-19(14-20(21-8-5-13-33-21)28-25(23)34-29-16)24(32)27-18-9-11-30(12-10-18)15-22(31)26-17-6-3-2-4-7-17/h2-8,13-14,18H,9-12,15H2,1H3,(H,26,31)(H,27,32). The monoisotopic (exact) mass is 459 g/mol. The van der Waals surface area contributed by atoms with Crippen LogP contribution in [0.15, 0.2) is 63.7 Å². The van der Waals surface area contributed by atoms with Crippen LogP contribution in [-0.4, -0.2) is 52.5 Å². The molecule has 0 aliphatic carbocycles. The predicted octanol–water partition coefficient (Wildman–Crippen LogP) is 3.62. The highest BCUT2D eigenvalue weighted by Gasteiger charge is 2.25. The van der Waals surface area contributed by atoms with Crippen molar-refractivity contribution >= 4 is 28.6 Å². The van der Waals surface area contributed by atoms with Gasteiger partial charge in [-0.3, -0.25) is 14.5 Å². The molecule has 1 saturated heterocycles. The van der Waals surface area contributed by atoms with E-state index in [1.54, 1.807) is 31.4 Å². The summed E-state index contributed by atoms with van der Waals surface area (Å²) < 4.78 is 10.8. The molecule has 2 N–H and O–H groups in total. The lowest BCUT2D eigenvalue weighted by atomic mass is 10.0. The number of aryl methyl sites for hydroxylation is 1. The number of pyridine rings is 1. The van der Waals surface area contributed by atoms with Gasteiger partial charge >= 0.3 is 0 Å². The van der Waals surface area contributed by atoms with Gasteiger partial charge in [0.05, 0.1) is 29.5 Å². The molecule has 174 valence electrons. The first-order chi connectivity index (χ1) is 16.6. The molecule has 0 saturated carbocycles. The van der Waals surface area contributed by atoms with Crippen molar-refractivity contribution in [1.82, 2.24) is 20.4 Å². The fourth-order valence-electron chi connectivity index (χ4n) is 4.25. The molecule has 2 amide bonds. The average Bonchev–Trinajstić information content (AvgIpc) is 3.51. The summed E-state index contributed by atoms with van der Waals surface area (Å²) >= 11 is 0. The minimum Gasteiger partial charge on any atom is -0.463 e. The number of amides is 2. The van der Waals surface area contributed by atoms with E-state index in [0.717, 1.165) is 31.6 Å². The van der Waals surface area contributed by atoms with Gasteiger partial charge in [0.1, 0.15) is 5.69 Å². The zero-order chi connectivity index (χ0) is 23.5. The lowest BCUT2D eigenvalue weighted by Gasteiger charge is -2.31. The molecular formula is C25H25N5O4. The Bertz CT molecular complexity index is 1290. The van der Waals surface area contributed by atoms with Gasteiger partial charge in [-0.25, -0.2) is 4.98 Å². The smallest absolute Gasteiger partial charge is 0.259 e. The van der Waals surface area contributed by atoms with E-state index >= 15 is 0 Å². The Labute approximate surface area is 196 Å². The predicted molar refractivity (Wildman–Crippen MR) is 126 cm³/mol. The summed E-state index contributed by atoms with van der Waals surface area (Å²) in [5.41, 5.74) is 2.67. The first-order valence-corrected chi connectivity index (χ1v) is 11.3. The van der Waals surface area contributed by atoms with Crippen LogP contribution in [0.4, 0.5) is 5.69 Å². The highest BCUT2D eigenvalue weighted by molar-refractivity contribution is 6.07. The number of nitrogens with zero attached hydrogens (tertiary/aromatic N) is 3. The Balaban J connectivity index is 1.22. The third-order valence-electron chi connectivity index (χ3n) is 5.98. The molecule has 0 bridgehead atoms. The molecule has 5 rings (SSSR count). The molecule has 1 aromatic carbocycles. The first kappa shape index (κ1) is 21.8. The molecule has 1 fully saturated rings. The van der Waals surface area contributed by atoms with Crippen LogP contribution in [0.3, 0.4) is 0 Å². The summed E-state index contributed by atoms with van der Waals surface area (Å²) in [6, 6.07) is 14.7. The molecule has 0 radical (unpaired) electrons. The van der Waals surface area contributed by atoms with Gasteiger partial charge in [-0.05, 0) is 50.1 Å². The van der Waals surface area contributed by atoms with Crippen molar-refractivity contribution in [2.24, 2.45) is 0 Å². The number of likely N-dealkylation sites (tertiary alicyclic amines) is 1. The number of carbonyl (C=O) groups excluding carboxylic acids is 2. The second kappa shape index (κ2) is 9.48. The van der Waals surface area contributed by atoms with Gasteiger partial charge in [0.15, 0.2) is 5.76 Å². The van der Waals surface area contributed by atoms with Gasteiger partial charge < -0.3 is 19.6 Å². The third kappa shape index (κ3) is 4.69. The molecule has 9 nitrogen and oxygen atoms in total. The van der Waals surface area contributed by atoms with Crippen LogP contribution in [0.5, 0.6) is 0 Å². The lowest BCUT2D eigenvalue weighted by molar-refractivity contribution is -0.117. The summed E-state index contributed by atoms with van der Waals surface area (Å²) in [7, 11) is 0. The van der Waals surface area contributed by atoms with Crippen molar-refractivity contribution in [3.63, 3.8) is 0 Å². The van der Waals surface area contributed by atoms with Gasteiger partial charge in [0.2, 0.25) is 5.91 Å². The SMILES string of the molecule is Cc1noc2nc(-c3ccco3)cc(C(=O)NC3CCN(CC(=O)Nc4ccccc4)CC3)c12. The quantitative estimate of drug-likeness (QED) is 0.453. The Morgan fingerprint density at radius 3 is 2.65 bits per heavy atom. The zero-order valence-electron chi connectivity index (χ0n) is 18.8. The fraction of sp³-hybridized carbons (Fsp3) is 0.280. The maximum Gasteiger partial charge on any atom is 0.259 e. The van der Waals surface area contributed by atoms with Crippen LogP contribution >= 0.6 is 0 Å². The van der Waals surface area contributed by atoms with Gasteiger partial charge in [0, 0.05) is 24.8 Å². The molecule has 4 heterocycles. The largest absolute Gasteiger partial charge is 0.463 e. The number of hydrogen-bond acceptors (Lipinski definition) is 7. The van der Waals surface area contributed by atoms with Gasteiger partial charge in [-0.1, -0.05) is 23.4 Å². The Morgan fingerprint density at radius 2 is 1.91 bits per heavy atom. The van der Waals surface area contributed by atoms with Crippen molar-refractivity contribution in [2.45, 2.75) is 25.8 Å². The summed E-state index contributed by atoms with van der Waals surface area (Å²) in [5.74, 6) is 0.306. The summed E-state index contributed by atoms with van der Waals surface area (Å²) in [6.07, 6.45) is 3.07. The van der Waals surface area contributed by atoms with E-state index in [-0.39, 0.29) is 17.9 Å². The number of carbonyl (C=O) groups is 2. The van der Waals surface area contributed by atoms with Crippen molar-refractivity contribution in [2.75, 3.05) is 25.0 Å². The van der Waals surface area contributed by atoms with E-state index < -0.39 is 0 Å². The molecule has 34 heavy (non-hydrogen) atoms. The van der Waals surface area contributed by atoms with Crippen LogP contribution in [0, 0.1) is 6.92 Å². The number of anilines is 1. The highest BCUT2D eigenvalue weighted by Crippen LogP contribution is 2.27. The van der Waals surface area contributed by atoms with E-state index in [2.05, 4.69) is 25.7 Å². The van der Waals surface area contributed by atoms with Gasteiger partial charge in [0.25, 0.3) is 11.6 Å². The number of furan rings is 1. The van der Waals surface area contributed by atoms with E-state index in [4.69, 9.17) is 8.94 Å². The van der Waals surface area contributed by atoms with Crippen molar-refractivity contribution in [1.29, 1.82) is 0 Å². The molecule has 9 heteroatoms. The first-order valence-electron chi connectivity index (χ1n) is 11.3. The molecule has 1 aliphatic rings. The van der Waals surface area contributed by atoms with Crippen LogP contribution in [0.2, 0.25) is 0 Å². The second-order valence-electron chi connectivity index (χ2n) is 8.42. The second-order valence-corrected chi connectivity index (χ2v) is 8.42. The molecule has 0 unspecified atom stereocenters. The molecule has 0 atom stereocenters. The fourth-order valence-corrected chi connectivity index (χ4v) is 4.25. The van der Waals surface area contributed by atoms with Crippen LogP contribution in [-0.2, 0) is 4.79 Å². The third-order valence-corrected chi connectivity index (χ3v) is 5.98. The molecular weight excluding hydrogens is 434 g/mol. The Kier molecular flexibility index (Phi) is 6.09. The molecule has 4 aromatic rings. The van der Waals surface area contributed by atoms with Crippen molar-refractivity contribution < 1.29 is 18.5 Å². The maximum absolute atomic E-state index is 13.2. The normalized spacial score (nSPS) is 14.9. The minimum absolute atomic E-state index is 0.0105. The number of rotatable bonds is 6. The number of nitrogens with one attached hydrogen (secondary N) is 2. The van der Waals surface area contributed by atoms with Crippen LogP contribution in [0.25, 0.3) is 22.6 Å².